The van der Waals surface area contributed by atoms with Crippen molar-refractivity contribution in [1.82, 2.24) is 9.62 Å². The summed E-state index contributed by atoms with van der Waals surface area (Å²) in [4.78, 5) is 26.5. The van der Waals surface area contributed by atoms with Gasteiger partial charge in [0.05, 0.1) is 4.90 Å². The molecule has 2 aromatic carbocycles. The van der Waals surface area contributed by atoms with Gasteiger partial charge >= 0.3 is 0 Å². The van der Waals surface area contributed by atoms with Crippen molar-refractivity contribution in [3.05, 3.63) is 59.4 Å². The topological polar surface area (TPSA) is 86.8 Å². The third kappa shape index (κ3) is 4.14. The molecule has 2 aromatic rings. The van der Waals surface area contributed by atoms with Gasteiger partial charge in [0.25, 0.3) is 0 Å². The number of hydrogen-bond acceptors (Lipinski definition) is 4. The average molecular weight is 460 g/mol. The number of carbonyl (C=O) groups excluding carboxylic acids is 2. The van der Waals surface area contributed by atoms with Gasteiger partial charge in [-0.1, -0.05) is 12.1 Å². The minimum absolute atomic E-state index is 0.0303. The zero-order valence-corrected chi connectivity index (χ0v) is 18.9. The Balaban J connectivity index is 1.52. The van der Waals surface area contributed by atoms with Crippen molar-refractivity contribution in [2.45, 2.75) is 56.6 Å². The van der Waals surface area contributed by atoms with Crippen molar-refractivity contribution in [2.24, 2.45) is 0 Å². The monoisotopic (exact) mass is 459 g/mol. The van der Waals surface area contributed by atoms with Crippen LogP contribution in [0.15, 0.2) is 47.4 Å². The van der Waals surface area contributed by atoms with Crippen molar-refractivity contribution in [2.75, 3.05) is 11.4 Å². The Bertz CT molecular complexity index is 1150. The third-order valence-electron chi connectivity index (χ3n) is 6.10. The number of fused-ring (bicyclic) bond motifs is 1. The van der Waals surface area contributed by atoms with Crippen LogP contribution in [0.3, 0.4) is 0 Å². The van der Waals surface area contributed by atoms with Gasteiger partial charge in [-0.05, 0) is 67.6 Å². The molecule has 1 fully saturated rings. The molecule has 7 nitrogen and oxygen atoms in total. The van der Waals surface area contributed by atoms with Crippen molar-refractivity contribution in [3.63, 3.8) is 0 Å². The van der Waals surface area contributed by atoms with E-state index in [0.717, 1.165) is 16.8 Å². The predicted octanol–water partition coefficient (Wildman–Crippen LogP) is 2.59. The lowest BCUT2D eigenvalue weighted by Gasteiger charge is -2.24. The van der Waals surface area contributed by atoms with E-state index in [-0.39, 0.29) is 41.7 Å². The predicted molar refractivity (Wildman–Crippen MR) is 118 cm³/mol. The highest BCUT2D eigenvalue weighted by atomic mass is 32.2. The Morgan fingerprint density at radius 3 is 2.56 bits per heavy atom. The number of amides is 2. The maximum absolute atomic E-state index is 13.4. The minimum Gasteiger partial charge on any atom is -0.351 e. The van der Waals surface area contributed by atoms with Crippen LogP contribution in [-0.2, 0) is 32.6 Å². The molecule has 0 aliphatic carbocycles. The lowest BCUT2D eigenvalue weighted by atomic mass is 10.1. The fourth-order valence-corrected chi connectivity index (χ4v) is 6.29. The SMILES string of the molecule is CC(=O)N1c2ccc(S(=O)(=O)N3CCC[C@@H]3C(=O)NCc3ccc(F)cc3)cc2C[C@H]1C. The van der Waals surface area contributed by atoms with Crippen molar-refractivity contribution in [3.8, 4) is 0 Å². The summed E-state index contributed by atoms with van der Waals surface area (Å²) >= 11 is 0. The fraction of sp³-hybridized carbons (Fsp3) is 0.391. The summed E-state index contributed by atoms with van der Waals surface area (Å²) in [6.45, 7) is 3.89. The Kier molecular flexibility index (Phi) is 6.05. The summed E-state index contributed by atoms with van der Waals surface area (Å²) in [6, 6.07) is 9.77. The second kappa shape index (κ2) is 8.63. The molecule has 0 saturated carbocycles. The molecule has 2 heterocycles. The molecule has 2 aliphatic rings. The van der Waals surface area contributed by atoms with Gasteiger partial charge in [-0.25, -0.2) is 12.8 Å². The lowest BCUT2D eigenvalue weighted by molar-refractivity contribution is -0.124. The van der Waals surface area contributed by atoms with E-state index in [4.69, 9.17) is 0 Å². The Morgan fingerprint density at radius 1 is 1.16 bits per heavy atom. The van der Waals surface area contributed by atoms with E-state index in [1.807, 2.05) is 6.92 Å². The van der Waals surface area contributed by atoms with Gasteiger partial charge in [-0.2, -0.15) is 4.31 Å². The summed E-state index contributed by atoms with van der Waals surface area (Å²) in [5.74, 6) is -0.805. The van der Waals surface area contributed by atoms with E-state index in [1.165, 1.54) is 29.4 Å². The van der Waals surface area contributed by atoms with Gasteiger partial charge in [-0.15, -0.1) is 0 Å². The van der Waals surface area contributed by atoms with Crippen molar-refractivity contribution >= 4 is 27.5 Å². The first-order valence-electron chi connectivity index (χ1n) is 10.6. The van der Waals surface area contributed by atoms with Gasteiger partial charge in [0.2, 0.25) is 21.8 Å². The van der Waals surface area contributed by atoms with Gasteiger partial charge in [-0.3, -0.25) is 9.59 Å². The molecule has 32 heavy (non-hydrogen) atoms. The molecule has 0 radical (unpaired) electrons. The third-order valence-corrected chi connectivity index (χ3v) is 8.00. The quantitative estimate of drug-likeness (QED) is 0.745. The zero-order chi connectivity index (χ0) is 23.0. The van der Waals surface area contributed by atoms with Crippen LogP contribution in [0, 0.1) is 5.82 Å². The largest absolute Gasteiger partial charge is 0.351 e. The van der Waals surface area contributed by atoms with E-state index in [9.17, 15) is 22.4 Å². The molecule has 4 rings (SSSR count). The smallest absolute Gasteiger partial charge is 0.243 e. The van der Waals surface area contributed by atoms with Crippen LogP contribution in [0.1, 0.15) is 37.8 Å². The van der Waals surface area contributed by atoms with Crippen LogP contribution in [0.2, 0.25) is 0 Å². The number of nitrogens with one attached hydrogen (secondary N) is 1. The van der Waals surface area contributed by atoms with Crippen LogP contribution < -0.4 is 10.2 Å². The molecule has 2 atom stereocenters. The minimum atomic E-state index is -3.88. The second-order valence-corrected chi connectivity index (χ2v) is 10.2. The number of carbonyl (C=O) groups is 2. The molecule has 170 valence electrons. The molecule has 2 amide bonds. The number of sulfonamides is 1. The van der Waals surface area contributed by atoms with Crippen LogP contribution in [0.25, 0.3) is 0 Å². The van der Waals surface area contributed by atoms with E-state index in [0.29, 0.717) is 19.3 Å². The molecule has 1 saturated heterocycles. The highest BCUT2D eigenvalue weighted by Crippen LogP contribution is 2.35. The highest BCUT2D eigenvalue weighted by molar-refractivity contribution is 7.89. The first kappa shape index (κ1) is 22.4. The Labute approximate surface area is 187 Å². The summed E-state index contributed by atoms with van der Waals surface area (Å²) in [6.07, 6.45) is 1.61. The molecule has 0 bridgehead atoms. The molecule has 0 unspecified atom stereocenters. The number of anilines is 1. The maximum Gasteiger partial charge on any atom is 0.243 e. The zero-order valence-electron chi connectivity index (χ0n) is 18.0. The normalized spacial score (nSPS) is 20.9. The lowest BCUT2D eigenvalue weighted by Crippen LogP contribution is -2.45. The average Bonchev–Trinajstić information content (AvgIpc) is 3.37. The Hall–Kier alpha value is -2.78. The van der Waals surface area contributed by atoms with Gasteiger partial charge < -0.3 is 10.2 Å². The van der Waals surface area contributed by atoms with Crippen LogP contribution in [-0.4, -0.2) is 43.2 Å². The summed E-state index contributed by atoms with van der Waals surface area (Å²) in [5.41, 5.74) is 2.28. The van der Waals surface area contributed by atoms with Gasteiger partial charge in [0.1, 0.15) is 11.9 Å². The molecule has 9 heteroatoms. The van der Waals surface area contributed by atoms with Crippen LogP contribution in [0.4, 0.5) is 10.1 Å². The second-order valence-electron chi connectivity index (χ2n) is 8.35. The number of hydrogen-bond donors (Lipinski definition) is 1. The molecular weight excluding hydrogens is 433 g/mol. The van der Waals surface area contributed by atoms with Crippen molar-refractivity contribution in [1.29, 1.82) is 0 Å². The van der Waals surface area contributed by atoms with Gasteiger partial charge in [0, 0.05) is 31.7 Å². The molecule has 2 aliphatic heterocycles. The molecule has 0 aromatic heterocycles. The molecular formula is C23H26FN3O4S. The van der Waals surface area contributed by atoms with E-state index in [2.05, 4.69) is 5.32 Å². The maximum atomic E-state index is 13.4. The van der Waals surface area contributed by atoms with Crippen molar-refractivity contribution < 1.29 is 22.4 Å². The summed E-state index contributed by atoms with van der Waals surface area (Å²) in [5, 5.41) is 2.77. The van der Waals surface area contributed by atoms with E-state index < -0.39 is 16.1 Å². The first-order chi connectivity index (χ1) is 15.2. The van der Waals surface area contributed by atoms with E-state index in [1.54, 1.807) is 29.2 Å². The number of benzene rings is 2. The summed E-state index contributed by atoms with van der Waals surface area (Å²) in [7, 11) is -3.88. The van der Waals surface area contributed by atoms with Crippen LogP contribution >= 0.6 is 0 Å². The first-order valence-corrected chi connectivity index (χ1v) is 12.1. The number of rotatable bonds is 5. The van der Waals surface area contributed by atoms with E-state index >= 15 is 0 Å². The van der Waals surface area contributed by atoms with Crippen LogP contribution in [0.5, 0.6) is 0 Å². The highest BCUT2D eigenvalue weighted by Gasteiger charge is 2.40. The molecule has 1 N–H and O–H groups in total. The summed E-state index contributed by atoms with van der Waals surface area (Å²) < 4.78 is 41.1. The van der Waals surface area contributed by atoms with Gasteiger partial charge in [0.15, 0.2) is 0 Å². The standard InChI is InChI=1S/C23H26FN3O4S/c1-15-12-18-13-20(9-10-21(18)27(15)16(2)28)32(30,31)26-11-3-4-22(26)23(29)25-14-17-5-7-19(24)8-6-17/h5-10,13,15,22H,3-4,11-12,14H2,1-2H3,(H,25,29)/t15-,22-/m1/s1. The fourth-order valence-electron chi connectivity index (χ4n) is 4.58. The number of halogens is 1. The number of nitrogens with zero attached hydrogens (tertiary/aromatic N) is 2. The Morgan fingerprint density at radius 2 is 1.88 bits per heavy atom. The molecule has 0 spiro atoms.